The number of carbonyl (C=O) groups excluding carboxylic acids is 3. The average Bonchev–Trinajstić information content (AvgIpc) is 3.11. The number of hydrogen-bond acceptors (Lipinski definition) is 9. The van der Waals surface area contributed by atoms with Crippen LogP contribution in [0.2, 0.25) is 0 Å². The number of nitrogens with one attached hydrogen (secondary N) is 3. The van der Waals surface area contributed by atoms with E-state index < -0.39 is 34.5 Å². The van der Waals surface area contributed by atoms with E-state index >= 15 is 0 Å². The molecule has 0 saturated heterocycles. The van der Waals surface area contributed by atoms with E-state index in [-0.39, 0.29) is 35.2 Å². The number of esters is 1. The molecule has 5 aromatic rings. The molecule has 0 aliphatic rings. The van der Waals surface area contributed by atoms with Crippen LogP contribution in [0, 0.1) is 11.3 Å². The van der Waals surface area contributed by atoms with Gasteiger partial charge in [-0.05, 0) is 72.6 Å². The normalized spacial score (nSPS) is 11.8. The summed E-state index contributed by atoms with van der Waals surface area (Å²) in [5, 5.41) is 13.6. The molecule has 0 aliphatic heterocycles. The number of pyridine rings is 1. The number of benzene rings is 4. The van der Waals surface area contributed by atoms with Crippen LogP contribution in [0.15, 0.2) is 102 Å². The molecule has 0 radical (unpaired) electrons. The average molecular weight is 665 g/mol. The lowest BCUT2D eigenvalue weighted by Gasteiger charge is -2.25. The van der Waals surface area contributed by atoms with Gasteiger partial charge in [-0.25, -0.2) is 13.8 Å². The highest BCUT2D eigenvalue weighted by Crippen LogP contribution is 2.31. The highest BCUT2D eigenvalue weighted by molar-refractivity contribution is 7.93. The number of para-hydroxylation sites is 1. The maximum absolute atomic E-state index is 14.3. The van der Waals surface area contributed by atoms with Crippen molar-refractivity contribution in [1.82, 2.24) is 21.2 Å². The van der Waals surface area contributed by atoms with Crippen LogP contribution in [-0.4, -0.2) is 50.4 Å². The van der Waals surface area contributed by atoms with E-state index in [0.717, 1.165) is 9.87 Å². The van der Waals surface area contributed by atoms with Crippen molar-refractivity contribution >= 4 is 55.2 Å². The molecule has 0 bridgehead atoms. The molecule has 48 heavy (non-hydrogen) atoms. The number of nitriles is 1. The Morgan fingerprint density at radius 1 is 0.958 bits per heavy atom. The minimum absolute atomic E-state index is 0.0997. The summed E-state index contributed by atoms with van der Waals surface area (Å²) >= 11 is 0. The lowest BCUT2D eigenvalue weighted by molar-refractivity contribution is -0.145. The largest absolute Gasteiger partial charge is 0.465 e. The summed E-state index contributed by atoms with van der Waals surface area (Å²) in [4.78, 5) is 42.6. The fraction of sp³-hybridized carbons (Fsp3) is 0.171. The van der Waals surface area contributed by atoms with Crippen molar-refractivity contribution in [2.24, 2.45) is 0 Å². The molecule has 0 spiro atoms. The first-order chi connectivity index (χ1) is 23.1. The van der Waals surface area contributed by atoms with Gasteiger partial charge in [-0.15, -0.1) is 0 Å². The zero-order chi connectivity index (χ0) is 34.3. The van der Waals surface area contributed by atoms with Gasteiger partial charge in [0.2, 0.25) is 0 Å². The van der Waals surface area contributed by atoms with E-state index in [1.807, 2.05) is 0 Å². The van der Waals surface area contributed by atoms with Crippen LogP contribution in [0.4, 0.5) is 5.69 Å². The van der Waals surface area contributed by atoms with Crippen LogP contribution in [0.3, 0.4) is 0 Å². The molecule has 0 aliphatic carbocycles. The van der Waals surface area contributed by atoms with Crippen LogP contribution < -0.4 is 20.5 Å². The minimum Gasteiger partial charge on any atom is -0.465 e. The number of ether oxygens (including phenoxy) is 1. The van der Waals surface area contributed by atoms with Crippen molar-refractivity contribution < 1.29 is 27.5 Å². The fourth-order valence-corrected chi connectivity index (χ4v) is 6.58. The Hall–Kier alpha value is -5.84. The Morgan fingerprint density at radius 2 is 1.69 bits per heavy atom. The van der Waals surface area contributed by atoms with Gasteiger partial charge in [0.05, 0.1) is 29.4 Å². The van der Waals surface area contributed by atoms with Gasteiger partial charge in [-0.3, -0.25) is 29.1 Å². The first kappa shape index (κ1) is 33.5. The van der Waals surface area contributed by atoms with Gasteiger partial charge in [0.15, 0.2) is 0 Å². The first-order valence-electron chi connectivity index (χ1n) is 15.0. The quantitative estimate of drug-likeness (QED) is 0.132. The predicted molar refractivity (Wildman–Crippen MR) is 180 cm³/mol. The molecule has 3 N–H and O–H groups in total. The van der Waals surface area contributed by atoms with Crippen molar-refractivity contribution in [1.29, 1.82) is 5.26 Å². The van der Waals surface area contributed by atoms with E-state index in [2.05, 4.69) is 27.2 Å². The molecule has 0 fully saturated rings. The number of anilines is 1. The molecule has 0 saturated carbocycles. The molecule has 1 aromatic heterocycles. The topological polar surface area (TPSA) is 171 Å². The number of aromatic nitrogens is 1. The maximum atomic E-state index is 14.3. The lowest BCUT2D eigenvalue weighted by Crippen LogP contribution is -2.51. The Labute approximate surface area is 277 Å². The number of hydrogen-bond donors (Lipinski definition) is 3. The number of carbonyl (C=O) groups is 3. The molecule has 1 unspecified atom stereocenters. The summed E-state index contributed by atoms with van der Waals surface area (Å²) < 4.78 is 34.5. The van der Waals surface area contributed by atoms with Crippen molar-refractivity contribution in [2.45, 2.75) is 31.3 Å². The minimum atomic E-state index is -4.39. The smallest absolute Gasteiger partial charge is 0.324 e. The van der Waals surface area contributed by atoms with Gasteiger partial charge in [-0.2, -0.15) is 5.26 Å². The van der Waals surface area contributed by atoms with Crippen LogP contribution in [0.5, 0.6) is 0 Å². The van der Waals surface area contributed by atoms with Gasteiger partial charge in [-0.1, -0.05) is 48.5 Å². The Balaban J connectivity index is 1.47. The van der Waals surface area contributed by atoms with Gasteiger partial charge in [0.1, 0.15) is 17.5 Å². The van der Waals surface area contributed by atoms with Crippen LogP contribution >= 0.6 is 0 Å². The van der Waals surface area contributed by atoms with Crippen LogP contribution in [0.1, 0.15) is 35.3 Å². The molecular weight excluding hydrogens is 632 g/mol. The van der Waals surface area contributed by atoms with E-state index in [0.29, 0.717) is 27.3 Å². The third-order valence-electron chi connectivity index (χ3n) is 7.45. The summed E-state index contributed by atoms with van der Waals surface area (Å²) in [6, 6.07) is 26.1. The molecule has 1 atom stereocenters. The van der Waals surface area contributed by atoms with Crippen molar-refractivity contribution in [3.8, 4) is 6.07 Å². The van der Waals surface area contributed by atoms with Crippen molar-refractivity contribution in [2.75, 3.05) is 17.5 Å². The number of nitrogens with zero attached hydrogens (tertiary/aromatic N) is 3. The number of sulfonamides is 1. The summed E-state index contributed by atoms with van der Waals surface area (Å²) in [6.07, 6.45) is 1.49. The number of rotatable bonds is 12. The SMILES string of the molecule is CCOC(=O)C(C)NNC(=O)CN(c1ccc2c(C(=O)NCc3ccc(C#N)cc3)cccc2c1)S(=O)(=O)c1cccc2cccnc12. The predicted octanol–water partition coefficient (Wildman–Crippen LogP) is 3.96. The standard InChI is InChI=1S/C35H32N6O6S/c1-3-47-35(44)23(2)39-40-32(42)22-41(48(45,46)31-11-5-7-26-9-6-18-37-33(26)31)28-16-17-29-27(19-28)8-4-10-30(29)34(43)38-21-25-14-12-24(20-36)13-15-25/h4-19,23,39H,3,21-22H2,1-2H3,(H,38,43)(H,40,42). The second kappa shape index (κ2) is 14.7. The molecule has 13 heteroatoms. The highest BCUT2D eigenvalue weighted by atomic mass is 32.2. The number of hydrazine groups is 1. The van der Waals surface area contributed by atoms with Gasteiger partial charge in [0, 0.05) is 23.7 Å². The van der Waals surface area contributed by atoms with E-state index in [4.69, 9.17) is 10.00 Å². The van der Waals surface area contributed by atoms with E-state index in [1.54, 1.807) is 85.8 Å². The second-order valence-corrected chi connectivity index (χ2v) is 12.5. The zero-order valence-electron chi connectivity index (χ0n) is 26.1. The third kappa shape index (κ3) is 7.41. The third-order valence-corrected chi connectivity index (χ3v) is 9.26. The van der Waals surface area contributed by atoms with Crippen molar-refractivity contribution in [3.05, 3.63) is 114 Å². The number of fused-ring (bicyclic) bond motifs is 2. The van der Waals surface area contributed by atoms with Gasteiger partial charge >= 0.3 is 5.97 Å². The molecular formula is C35H32N6O6S. The maximum Gasteiger partial charge on any atom is 0.324 e. The second-order valence-electron chi connectivity index (χ2n) is 10.7. The summed E-state index contributed by atoms with van der Waals surface area (Å²) in [7, 11) is -4.39. The molecule has 12 nitrogen and oxygen atoms in total. The van der Waals surface area contributed by atoms with Gasteiger partial charge < -0.3 is 10.1 Å². The van der Waals surface area contributed by atoms with Crippen LogP contribution in [0.25, 0.3) is 21.7 Å². The van der Waals surface area contributed by atoms with Crippen LogP contribution in [-0.2, 0) is 30.9 Å². The van der Waals surface area contributed by atoms with E-state index in [1.165, 1.54) is 25.3 Å². The molecule has 244 valence electrons. The molecule has 1 heterocycles. The lowest BCUT2D eigenvalue weighted by atomic mass is 10.0. The highest BCUT2D eigenvalue weighted by Gasteiger charge is 2.30. The summed E-state index contributed by atoms with van der Waals surface area (Å²) in [5.74, 6) is -1.67. The van der Waals surface area contributed by atoms with E-state index in [9.17, 15) is 22.8 Å². The molecule has 2 amide bonds. The monoisotopic (exact) mass is 664 g/mol. The molecule has 5 rings (SSSR count). The Morgan fingerprint density at radius 3 is 2.44 bits per heavy atom. The van der Waals surface area contributed by atoms with Crippen molar-refractivity contribution in [3.63, 3.8) is 0 Å². The van der Waals surface area contributed by atoms with Gasteiger partial charge in [0.25, 0.3) is 21.8 Å². The fourth-order valence-electron chi connectivity index (χ4n) is 5.00. The first-order valence-corrected chi connectivity index (χ1v) is 16.4. The summed E-state index contributed by atoms with van der Waals surface area (Å²) in [5.41, 5.74) is 7.06. The Kier molecular flexibility index (Phi) is 10.3. The molecule has 4 aromatic carbocycles. The summed E-state index contributed by atoms with van der Waals surface area (Å²) in [6.45, 7) is 2.90. The Bertz CT molecular complexity index is 2140. The zero-order valence-corrected chi connectivity index (χ0v) is 27.0. The number of amides is 2.